The molecule has 0 aromatic heterocycles. The Hall–Kier alpha value is -6.75. The van der Waals surface area contributed by atoms with E-state index < -0.39 is 28.8 Å². The van der Waals surface area contributed by atoms with Gasteiger partial charge in [0.1, 0.15) is 36.6 Å². The molecule has 0 spiro atoms. The first kappa shape index (κ1) is 49.7. The van der Waals surface area contributed by atoms with Crippen LogP contribution in [0.25, 0.3) is 0 Å². The summed E-state index contributed by atoms with van der Waals surface area (Å²) in [5, 5.41) is 36.4. The number of halogens is 1. The number of rotatable bonds is 24. The molecule has 2 heterocycles. The monoisotopic (exact) mass is 961 g/mol. The number of unbranched alkanes of at least 4 members (excludes halogenated alkanes) is 2. The van der Waals surface area contributed by atoms with E-state index in [2.05, 4.69) is 19.2 Å². The van der Waals surface area contributed by atoms with E-state index in [9.17, 15) is 29.5 Å². The number of ether oxygens (including phenoxy) is 6. The lowest BCUT2D eigenvalue weighted by molar-refractivity contribution is -0.384. The molecule has 2 aliphatic heterocycles. The molecule has 70 heavy (non-hydrogen) atoms. The van der Waals surface area contributed by atoms with Gasteiger partial charge in [-0.1, -0.05) is 60.5 Å². The molecule has 0 saturated heterocycles. The second-order valence-electron chi connectivity index (χ2n) is 17.9. The van der Waals surface area contributed by atoms with Crippen molar-refractivity contribution in [3.63, 3.8) is 0 Å². The summed E-state index contributed by atoms with van der Waals surface area (Å²) in [5.41, 5.74) is 3.87. The van der Waals surface area contributed by atoms with E-state index in [0.717, 1.165) is 29.5 Å². The molecule has 370 valence electrons. The number of aliphatic hydroxyl groups is 2. The number of non-ortho nitro benzene ring substituents is 1. The molecule has 15 nitrogen and oxygen atoms in total. The number of nitro groups is 1. The van der Waals surface area contributed by atoms with Gasteiger partial charge in [0.25, 0.3) is 5.69 Å². The molecule has 0 bridgehead atoms. The maximum absolute atomic E-state index is 14.9. The zero-order chi connectivity index (χ0) is 49.0. The van der Waals surface area contributed by atoms with Gasteiger partial charge in [0.2, 0.25) is 12.6 Å². The van der Waals surface area contributed by atoms with Crippen LogP contribution < -0.4 is 18.9 Å². The van der Waals surface area contributed by atoms with Gasteiger partial charge in [0, 0.05) is 55.4 Å². The van der Waals surface area contributed by atoms with Gasteiger partial charge in [-0.05, 0) is 109 Å². The first-order valence-corrected chi connectivity index (χ1v) is 23.9. The number of hydrogen-bond donors (Lipinski definition) is 2. The average Bonchev–Trinajstić information content (AvgIpc) is 3.84. The topological polar surface area (TPSA) is 181 Å². The molecule has 4 aromatic rings. The number of nitrogens with zero attached hydrogens (tertiary/aromatic N) is 3. The Morgan fingerprint density at radius 1 is 0.914 bits per heavy atom. The highest BCUT2D eigenvalue weighted by atomic mass is 19.1. The normalized spacial score (nSPS) is 22.2. The summed E-state index contributed by atoms with van der Waals surface area (Å²) < 4.78 is 53.1. The van der Waals surface area contributed by atoms with Crippen molar-refractivity contribution in [2.75, 3.05) is 33.2 Å². The average molecular weight is 962 g/mol. The van der Waals surface area contributed by atoms with E-state index >= 15 is 0 Å². The molecule has 1 amide bonds. The summed E-state index contributed by atoms with van der Waals surface area (Å²) in [7, 11) is 0. The fourth-order valence-electron chi connectivity index (χ4n) is 10.3. The van der Waals surface area contributed by atoms with E-state index in [4.69, 9.17) is 38.4 Å². The minimum Gasteiger partial charge on any atom is -0.489 e. The maximum Gasteiger partial charge on any atom is 0.410 e. The molecule has 4 aliphatic rings. The molecule has 2 N–H and O–H groups in total. The third-order valence-corrected chi connectivity index (χ3v) is 13.5. The second-order valence-corrected chi connectivity index (χ2v) is 17.9. The van der Waals surface area contributed by atoms with E-state index in [1.54, 1.807) is 59.5 Å². The van der Waals surface area contributed by atoms with Crippen molar-refractivity contribution in [3.8, 4) is 23.0 Å². The standard InChI is InChI=1S/C54H60FN3O12/c1-3-5-27-64-53(61)57(32-37-18-22-48-49(28-37)67-35-66-48)50-31-46(56-69-33-36-16-19-40(20-17-36)58(62)63)43-29-38(12-8-10-24-59)42(14-9-11-25-60)51-44-30-41(65-34-39-13-6-7-15-45(39)55)21-23-47(44)70-54(50,52(43)51)68-26-4-2/h3-4,6-7,13,15-23,28-30,38,42,50-52,59-60H,1-2,5,8-12,14,24-27,31-35H2/t38-,42+,50-,51+,52+,54+/m0/s1. The van der Waals surface area contributed by atoms with Crippen LogP contribution in [0.3, 0.4) is 0 Å². The van der Waals surface area contributed by atoms with Crippen molar-refractivity contribution in [2.45, 2.75) is 88.9 Å². The summed E-state index contributed by atoms with van der Waals surface area (Å²) in [6.45, 7) is 8.07. The van der Waals surface area contributed by atoms with Gasteiger partial charge >= 0.3 is 6.09 Å². The highest BCUT2D eigenvalue weighted by Gasteiger charge is 2.65. The number of benzene rings is 4. The molecular weight excluding hydrogens is 902 g/mol. The molecule has 0 radical (unpaired) electrons. The number of aliphatic hydroxyl groups excluding tert-OH is 2. The number of nitro benzene ring substituents is 1. The highest BCUT2D eigenvalue weighted by molar-refractivity contribution is 6.03. The van der Waals surface area contributed by atoms with Gasteiger partial charge in [-0.3, -0.25) is 15.0 Å². The van der Waals surface area contributed by atoms with Crippen LogP contribution in [-0.4, -0.2) is 76.9 Å². The number of carbonyl (C=O) groups excluding carboxylic acids is 1. The van der Waals surface area contributed by atoms with Crippen LogP contribution in [-0.2, 0) is 34.1 Å². The Balaban J connectivity index is 1.31. The second kappa shape index (κ2) is 23.2. The lowest BCUT2D eigenvalue weighted by atomic mass is 9.55. The van der Waals surface area contributed by atoms with Crippen LogP contribution in [0.5, 0.6) is 23.0 Å². The Morgan fingerprint density at radius 3 is 2.43 bits per heavy atom. The van der Waals surface area contributed by atoms with Gasteiger partial charge < -0.3 is 43.5 Å². The number of allylic oxidation sites excluding steroid dienone is 1. The molecule has 1 saturated carbocycles. The molecule has 2 aliphatic carbocycles. The van der Waals surface area contributed by atoms with Gasteiger partial charge in [-0.25, -0.2) is 9.18 Å². The highest BCUT2D eigenvalue weighted by Crippen LogP contribution is 2.62. The van der Waals surface area contributed by atoms with Crippen molar-refractivity contribution in [1.82, 2.24) is 4.90 Å². The number of amides is 1. The van der Waals surface area contributed by atoms with Crippen LogP contribution in [0.1, 0.15) is 79.5 Å². The van der Waals surface area contributed by atoms with Gasteiger partial charge in [0.15, 0.2) is 11.5 Å². The number of carbonyl (C=O) groups is 1. The Bertz CT molecular complexity index is 2550. The molecule has 4 aromatic carbocycles. The Morgan fingerprint density at radius 2 is 1.67 bits per heavy atom. The lowest BCUT2D eigenvalue weighted by Crippen LogP contribution is -2.70. The molecule has 0 unspecified atom stereocenters. The molecular formula is C54H60FN3O12. The zero-order valence-electron chi connectivity index (χ0n) is 39.1. The lowest BCUT2D eigenvalue weighted by Gasteiger charge is -2.59. The van der Waals surface area contributed by atoms with Crippen LogP contribution in [0.4, 0.5) is 14.9 Å². The molecule has 8 rings (SSSR count). The fourth-order valence-corrected chi connectivity index (χ4v) is 10.3. The fraction of sp³-hybridized carbons (Fsp3) is 0.407. The largest absolute Gasteiger partial charge is 0.489 e. The number of fused-ring (bicyclic) bond motifs is 3. The SMILES string of the molecule is C=CCCOC(=O)N(Cc1ccc2c(c1)OCO2)[C@H]1CC(=NOCc2ccc([N+](=O)[O-])cc2)C2=C[C@H](CCCCO)[C@@H](CCCCO)[C@@H]3c4cc(OCc5ccccc5F)ccc4O[C@@]1(OCC=C)[C@H]23. The van der Waals surface area contributed by atoms with Gasteiger partial charge in [-0.15, -0.1) is 13.2 Å². The van der Waals surface area contributed by atoms with Gasteiger partial charge in [0.05, 0.1) is 29.8 Å². The van der Waals surface area contributed by atoms with Crippen molar-refractivity contribution < 1.29 is 57.6 Å². The van der Waals surface area contributed by atoms with Crippen molar-refractivity contribution >= 4 is 17.5 Å². The molecule has 6 atom stereocenters. The summed E-state index contributed by atoms with van der Waals surface area (Å²) in [4.78, 5) is 33.7. The van der Waals surface area contributed by atoms with Crippen molar-refractivity contribution in [1.29, 1.82) is 0 Å². The number of oxime groups is 1. The molecule has 1 fully saturated rings. The predicted octanol–water partition coefficient (Wildman–Crippen LogP) is 10.1. The summed E-state index contributed by atoms with van der Waals surface area (Å²) in [5.74, 6) is -1.05. The molecule has 16 heteroatoms. The van der Waals surface area contributed by atoms with Crippen LogP contribution in [0, 0.1) is 33.7 Å². The van der Waals surface area contributed by atoms with E-state index in [-0.39, 0.29) is 88.7 Å². The van der Waals surface area contributed by atoms with Crippen LogP contribution in [0.2, 0.25) is 0 Å². The van der Waals surface area contributed by atoms with E-state index in [0.29, 0.717) is 71.9 Å². The minimum atomic E-state index is -1.61. The minimum absolute atomic E-state index is 0.0120. The third-order valence-electron chi connectivity index (χ3n) is 13.5. The van der Waals surface area contributed by atoms with Gasteiger partial charge in [-0.2, -0.15) is 0 Å². The Kier molecular flexibility index (Phi) is 16.5. The summed E-state index contributed by atoms with van der Waals surface area (Å²) >= 11 is 0. The van der Waals surface area contributed by atoms with Crippen molar-refractivity contribution in [2.24, 2.45) is 22.9 Å². The maximum atomic E-state index is 14.9. The smallest absolute Gasteiger partial charge is 0.410 e. The van der Waals surface area contributed by atoms with Crippen molar-refractivity contribution in [3.05, 3.63) is 160 Å². The Labute approximate surface area is 406 Å². The quantitative estimate of drug-likeness (QED) is 0.0294. The zero-order valence-corrected chi connectivity index (χ0v) is 39.1. The first-order valence-electron chi connectivity index (χ1n) is 23.9. The van der Waals surface area contributed by atoms with E-state index in [1.807, 2.05) is 24.3 Å². The van der Waals surface area contributed by atoms with E-state index in [1.165, 1.54) is 18.2 Å². The summed E-state index contributed by atoms with van der Waals surface area (Å²) in [6.07, 6.45) is 9.44. The first-order chi connectivity index (χ1) is 34.2. The van der Waals surface area contributed by atoms with Crippen LogP contribution in [0.15, 0.2) is 127 Å². The van der Waals surface area contributed by atoms with Crippen LogP contribution >= 0.6 is 0 Å². The third kappa shape index (κ3) is 11.0. The predicted molar refractivity (Wildman–Crippen MR) is 258 cm³/mol. The summed E-state index contributed by atoms with van der Waals surface area (Å²) in [6, 6.07) is 22.6. The number of hydrogen-bond acceptors (Lipinski definition) is 13.